The summed E-state index contributed by atoms with van der Waals surface area (Å²) in [4.78, 5) is 29.6. The number of ether oxygens (including phenoxy) is 1. The van der Waals surface area contributed by atoms with Crippen LogP contribution < -0.4 is 0 Å². The van der Waals surface area contributed by atoms with Crippen LogP contribution in [0.2, 0.25) is 0 Å². The summed E-state index contributed by atoms with van der Waals surface area (Å²) in [5.74, 6) is -0.141. The Balaban J connectivity index is 1.95. The molecule has 0 radical (unpaired) electrons. The Morgan fingerprint density at radius 2 is 2.24 bits per heavy atom. The smallest absolute Gasteiger partial charge is 0.305 e. The van der Waals surface area contributed by atoms with E-state index in [4.69, 9.17) is 0 Å². The molecule has 1 aliphatic rings. The Kier molecular flexibility index (Phi) is 5.72. The molecule has 0 aliphatic carbocycles. The van der Waals surface area contributed by atoms with Gasteiger partial charge in [0.25, 0.3) is 0 Å². The van der Waals surface area contributed by atoms with Gasteiger partial charge in [-0.2, -0.15) is 0 Å². The zero-order valence-corrected chi connectivity index (χ0v) is 12.5. The molecule has 0 aromatic carbocycles. The number of carbonyl (C=O) groups excluding carboxylic acids is 2. The molecule has 1 fully saturated rings. The van der Waals surface area contributed by atoms with Crippen molar-refractivity contribution in [2.75, 3.05) is 13.7 Å². The van der Waals surface area contributed by atoms with Gasteiger partial charge in [0.05, 0.1) is 13.2 Å². The number of hydrogen-bond acceptors (Lipinski definition) is 4. The highest BCUT2D eigenvalue weighted by atomic mass is 16.5. The second-order valence-electron chi connectivity index (χ2n) is 5.31. The molecule has 21 heavy (non-hydrogen) atoms. The largest absolute Gasteiger partial charge is 0.469 e. The summed E-state index contributed by atoms with van der Waals surface area (Å²) >= 11 is 0. The van der Waals surface area contributed by atoms with Gasteiger partial charge in [-0.3, -0.25) is 14.6 Å². The maximum Gasteiger partial charge on any atom is 0.305 e. The minimum atomic E-state index is -0.259. The average Bonchev–Trinajstić information content (AvgIpc) is 2.55. The zero-order chi connectivity index (χ0) is 15.1. The Morgan fingerprint density at radius 3 is 2.95 bits per heavy atom. The fourth-order valence-corrected chi connectivity index (χ4v) is 2.78. The second kappa shape index (κ2) is 7.76. The molecule has 2 rings (SSSR count). The first-order valence-corrected chi connectivity index (χ1v) is 7.48. The molecule has 1 amide bonds. The molecule has 1 atom stereocenters. The van der Waals surface area contributed by atoms with Gasteiger partial charge in [-0.15, -0.1) is 0 Å². The number of piperidine rings is 1. The van der Waals surface area contributed by atoms with E-state index in [1.807, 2.05) is 23.2 Å². The molecule has 114 valence electrons. The highest BCUT2D eigenvalue weighted by Gasteiger charge is 2.27. The molecule has 5 heteroatoms. The quantitative estimate of drug-likeness (QED) is 0.782. The molecule has 0 spiro atoms. The van der Waals surface area contributed by atoms with Gasteiger partial charge in [-0.1, -0.05) is 6.07 Å². The lowest BCUT2D eigenvalue weighted by Gasteiger charge is -2.36. The molecule has 1 aliphatic heterocycles. The van der Waals surface area contributed by atoms with Crippen molar-refractivity contribution in [2.24, 2.45) is 0 Å². The Labute approximate surface area is 125 Å². The molecule has 2 heterocycles. The normalized spacial score (nSPS) is 18.3. The second-order valence-corrected chi connectivity index (χ2v) is 5.31. The van der Waals surface area contributed by atoms with Gasteiger partial charge in [0, 0.05) is 31.8 Å². The van der Waals surface area contributed by atoms with E-state index in [-0.39, 0.29) is 17.9 Å². The van der Waals surface area contributed by atoms with E-state index in [0.717, 1.165) is 31.4 Å². The van der Waals surface area contributed by atoms with Crippen molar-refractivity contribution in [3.63, 3.8) is 0 Å². The van der Waals surface area contributed by atoms with Gasteiger partial charge < -0.3 is 9.64 Å². The van der Waals surface area contributed by atoms with Crippen molar-refractivity contribution in [1.82, 2.24) is 9.88 Å². The third kappa shape index (κ3) is 4.28. The van der Waals surface area contributed by atoms with Crippen LogP contribution in [-0.4, -0.2) is 35.4 Å². The maximum absolute atomic E-state index is 12.4. The lowest BCUT2D eigenvalue weighted by Crippen LogP contribution is -2.38. The number of nitrogens with zero attached hydrogens (tertiary/aromatic N) is 2. The van der Waals surface area contributed by atoms with Crippen LogP contribution in [0, 0.1) is 0 Å². The maximum atomic E-state index is 12.4. The van der Waals surface area contributed by atoms with E-state index in [9.17, 15) is 9.59 Å². The highest BCUT2D eigenvalue weighted by Crippen LogP contribution is 2.31. The predicted octanol–water partition coefficient (Wildman–Crippen LogP) is 2.48. The van der Waals surface area contributed by atoms with Gasteiger partial charge in [0.1, 0.15) is 0 Å². The molecule has 0 bridgehead atoms. The number of likely N-dealkylation sites (tertiary alicyclic amines) is 1. The van der Waals surface area contributed by atoms with Crippen LogP contribution in [0.25, 0.3) is 0 Å². The summed E-state index contributed by atoms with van der Waals surface area (Å²) in [6.07, 6.45) is 7.97. The number of hydrogen-bond donors (Lipinski definition) is 0. The lowest BCUT2D eigenvalue weighted by atomic mass is 9.96. The van der Waals surface area contributed by atoms with Gasteiger partial charge in [-0.25, -0.2) is 0 Å². The van der Waals surface area contributed by atoms with E-state index in [1.165, 1.54) is 7.11 Å². The first-order valence-electron chi connectivity index (χ1n) is 7.48. The molecule has 1 saturated heterocycles. The first kappa shape index (κ1) is 15.5. The minimum absolute atomic E-state index is 0.118. The summed E-state index contributed by atoms with van der Waals surface area (Å²) in [5, 5.41) is 0. The SMILES string of the molecule is COC(=O)CCCC(=O)N1CCCC[C@H]1c1cccnc1. The van der Waals surface area contributed by atoms with Crippen LogP contribution >= 0.6 is 0 Å². The molecule has 1 aromatic rings. The van der Waals surface area contributed by atoms with Crippen LogP contribution in [-0.2, 0) is 14.3 Å². The number of pyridine rings is 1. The van der Waals surface area contributed by atoms with Crippen LogP contribution in [0.4, 0.5) is 0 Å². The van der Waals surface area contributed by atoms with E-state index in [0.29, 0.717) is 19.3 Å². The van der Waals surface area contributed by atoms with Crippen LogP contribution in [0.3, 0.4) is 0 Å². The molecular weight excluding hydrogens is 268 g/mol. The monoisotopic (exact) mass is 290 g/mol. The fourth-order valence-electron chi connectivity index (χ4n) is 2.78. The van der Waals surface area contributed by atoms with Crippen molar-refractivity contribution >= 4 is 11.9 Å². The van der Waals surface area contributed by atoms with Gasteiger partial charge >= 0.3 is 5.97 Å². The van der Waals surface area contributed by atoms with Crippen molar-refractivity contribution < 1.29 is 14.3 Å². The zero-order valence-electron chi connectivity index (χ0n) is 12.5. The van der Waals surface area contributed by atoms with E-state index in [2.05, 4.69) is 9.72 Å². The number of methoxy groups -OCH3 is 1. The van der Waals surface area contributed by atoms with Crippen molar-refractivity contribution in [3.8, 4) is 0 Å². The average molecular weight is 290 g/mol. The van der Waals surface area contributed by atoms with Crippen molar-refractivity contribution in [3.05, 3.63) is 30.1 Å². The van der Waals surface area contributed by atoms with Crippen molar-refractivity contribution in [1.29, 1.82) is 0 Å². The van der Waals surface area contributed by atoms with Crippen molar-refractivity contribution in [2.45, 2.75) is 44.6 Å². The summed E-state index contributed by atoms with van der Waals surface area (Å²) in [5.41, 5.74) is 1.10. The lowest BCUT2D eigenvalue weighted by molar-refractivity contribution is -0.141. The summed E-state index contributed by atoms with van der Waals surface area (Å²) in [7, 11) is 1.37. The predicted molar refractivity (Wildman–Crippen MR) is 78.4 cm³/mol. The van der Waals surface area contributed by atoms with Gasteiger partial charge in [0.2, 0.25) is 5.91 Å². The molecule has 0 saturated carbocycles. The van der Waals surface area contributed by atoms with E-state index < -0.39 is 0 Å². The van der Waals surface area contributed by atoms with Gasteiger partial charge in [0.15, 0.2) is 0 Å². The molecule has 5 nitrogen and oxygen atoms in total. The van der Waals surface area contributed by atoms with E-state index >= 15 is 0 Å². The molecule has 0 unspecified atom stereocenters. The number of rotatable bonds is 5. The fraction of sp³-hybridized carbons (Fsp3) is 0.562. The van der Waals surface area contributed by atoms with Crippen LogP contribution in [0.1, 0.15) is 50.1 Å². The molecule has 0 N–H and O–H groups in total. The van der Waals surface area contributed by atoms with Gasteiger partial charge in [-0.05, 0) is 37.3 Å². The van der Waals surface area contributed by atoms with Crippen LogP contribution in [0.15, 0.2) is 24.5 Å². The minimum Gasteiger partial charge on any atom is -0.469 e. The van der Waals surface area contributed by atoms with E-state index in [1.54, 1.807) is 6.20 Å². The number of amides is 1. The van der Waals surface area contributed by atoms with Crippen LogP contribution in [0.5, 0.6) is 0 Å². The number of aromatic nitrogens is 1. The molecular formula is C16H22N2O3. The first-order chi connectivity index (χ1) is 10.2. The third-order valence-corrected chi connectivity index (χ3v) is 3.89. The summed E-state index contributed by atoms with van der Waals surface area (Å²) in [6, 6.07) is 4.06. The highest BCUT2D eigenvalue weighted by molar-refractivity contribution is 5.77. The number of carbonyl (C=O) groups is 2. The Bertz CT molecular complexity index is 476. The summed E-state index contributed by atoms with van der Waals surface area (Å²) < 4.78 is 4.60. The number of esters is 1. The molecule has 1 aromatic heterocycles. The standard InChI is InChI=1S/C16H22N2O3/c1-21-16(20)9-4-8-15(19)18-11-3-2-7-14(18)13-6-5-10-17-12-13/h5-6,10,12,14H,2-4,7-9,11H2,1H3/t14-/m0/s1. The Morgan fingerprint density at radius 1 is 1.38 bits per heavy atom. The topological polar surface area (TPSA) is 59.5 Å². The third-order valence-electron chi connectivity index (χ3n) is 3.89. The Hall–Kier alpha value is -1.91. The summed E-state index contributed by atoms with van der Waals surface area (Å²) in [6.45, 7) is 0.788.